The molecule has 5 rings (SSSR count). The molecule has 1 heterocycles. The predicted octanol–water partition coefficient (Wildman–Crippen LogP) is -1.30. The van der Waals surface area contributed by atoms with Gasteiger partial charge in [0.1, 0.15) is 5.75 Å². The van der Waals surface area contributed by atoms with Crippen LogP contribution in [0.1, 0.15) is 35.2 Å². The Balaban J connectivity index is 1.62. The van der Waals surface area contributed by atoms with Gasteiger partial charge in [0.15, 0.2) is 34.7 Å². The summed E-state index contributed by atoms with van der Waals surface area (Å²) in [5.41, 5.74) is 2.97. The number of Topliss-reactive ketones (excluding diaryl/α,β-unsaturated/α-hetero) is 4. The Morgan fingerprint density at radius 2 is 1.80 bits per heavy atom. The maximum absolute atomic E-state index is 13.7. The van der Waals surface area contributed by atoms with Gasteiger partial charge in [-0.3, -0.25) is 24.0 Å². The zero-order chi connectivity index (χ0) is 25.4. The predicted molar refractivity (Wildman–Crippen MR) is 118 cm³/mol. The third-order valence-electron chi connectivity index (χ3n) is 8.19. The van der Waals surface area contributed by atoms with Crippen molar-refractivity contribution in [1.82, 2.24) is 0 Å². The van der Waals surface area contributed by atoms with E-state index < -0.39 is 76.8 Å². The van der Waals surface area contributed by atoms with Crippen molar-refractivity contribution in [3.63, 3.8) is 0 Å². The van der Waals surface area contributed by atoms with Crippen LogP contribution in [0.3, 0.4) is 0 Å². The second-order valence-corrected chi connectivity index (χ2v) is 9.80. The smallest absolute Gasteiger partial charge is 0.235 e. The number of fused-ring (bicyclic) bond motifs is 3. The van der Waals surface area contributed by atoms with Crippen LogP contribution in [0.4, 0.5) is 5.69 Å². The molecule has 1 aromatic carbocycles. The lowest BCUT2D eigenvalue weighted by atomic mass is 9.50. The molecule has 1 saturated heterocycles. The number of carbonyl (C=O) groups is 5. The normalized spacial score (nSPS) is 36.9. The number of aromatic hydroxyl groups is 1. The average molecular weight is 486 g/mol. The molecule has 3 fully saturated rings. The number of carbonyl (C=O) groups excluding carboxylic acids is 5. The number of morpholine rings is 1. The molecule has 0 aromatic heterocycles. The summed E-state index contributed by atoms with van der Waals surface area (Å²) in [5, 5.41) is 33.6. The molecule has 0 radical (unpaired) electrons. The van der Waals surface area contributed by atoms with E-state index in [0.717, 1.165) is 0 Å². The van der Waals surface area contributed by atoms with Crippen LogP contribution in [-0.4, -0.2) is 82.4 Å². The number of aliphatic hydroxyl groups excluding tert-OH is 1. The summed E-state index contributed by atoms with van der Waals surface area (Å²) in [4.78, 5) is 66.4. The number of phenolic OH excluding ortho intramolecular Hbond substituents is 1. The topological polar surface area (TPSA) is 185 Å². The fourth-order valence-electron chi connectivity index (χ4n) is 6.40. The van der Waals surface area contributed by atoms with Crippen LogP contribution in [0.2, 0.25) is 0 Å². The molecule has 7 atom stereocenters. The average Bonchev–Trinajstić information content (AvgIpc) is 2.82. The summed E-state index contributed by atoms with van der Waals surface area (Å²) >= 11 is 0. The Morgan fingerprint density at radius 1 is 1.14 bits per heavy atom. The van der Waals surface area contributed by atoms with Crippen molar-refractivity contribution >= 4 is 34.7 Å². The van der Waals surface area contributed by atoms with Gasteiger partial charge >= 0.3 is 0 Å². The monoisotopic (exact) mass is 486 g/mol. The summed E-state index contributed by atoms with van der Waals surface area (Å²) in [7, 11) is 0. The number of ether oxygens (including phenoxy) is 1. The zero-order valence-corrected chi connectivity index (χ0v) is 19.0. The molecular weight excluding hydrogens is 460 g/mol. The highest BCUT2D eigenvalue weighted by Crippen LogP contribution is 2.54. The van der Waals surface area contributed by atoms with E-state index in [0.29, 0.717) is 37.6 Å². The van der Waals surface area contributed by atoms with Gasteiger partial charge in [-0.05, 0) is 17.5 Å². The molecule has 1 aliphatic heterocycles. The fourth-order valence-corrected chi connectivity index (χ4v) is 6.40. The van der Waals surface area contributed by atoms with Gasteiger partial charge in [-0.2, -0.15) is 0 Å². The minimum absolute atomic E-state index is 0.101. The van der Waals surface area contributed by atoms with Crippen LogP contribution >= 0.6 is 0 Å². The summed E-state index contributed by atoms with van der Waals surface area (Å²) < 4.78 is 5.33. The van der Waals surface area contributed by atoms with Crippen LogP contribution in [0.25, 0.3) is 0 Å². The van der Waals surface area contributed by atoms with Gasteiger partial charge in [0.05, 0.1) is 36.5 Å². The first-order valence-corrected chi connectivity index (χ1v) is 11.6. The summed E-state index contributed by atoms with van der Waals surface area (Å²) in [5.74, 6) is -12.8. The molecule has 11 nitrogen and oxygen atoms in total. The van der Waals surface area contributed by atoms with E-state index >= 15 is 0 Å². The number of nitrogens with zero attached hydrogens (tertiary/aromatic N) is 1. The molecule has 35 heavy (non-hydrogen) atoms. The lowest BCUT2D eigenvalue weighted by Crippen LogP contribution is -2.72. The van der Waals surface area contributed by atoms with Crippen LogP contribution < -0.4 is 10.6 Å². The van der Waals surface area contributed by atoms with Crippen molar-refractivity contribution in [2.24, 2.45) is 29.4 Å². The number of phenols is 1. The lowest BCUT2D eigenvalue weighted by Gasteiger charge is -2.52. The first kappa shape index (κ1) is 23.6. The number of benzene rings is 1. The van der Waals surface area contributed by atoms with Crippen molar-refractivity contribution in [2.45, 2.75) is 31.0 Å². The van der Waals surface area contributed by atoms with Crippen molar-refractivity contribution < 1.29 is 44.0 Å². The third-order valence-corrected chi connectivity index (χ3v) is 8.19. The minimum atomic E-state index is -2.92. The van der Waals surface area contributed by atoms with E-state index in [2.05, 4.69) is 0 Å². The molecule has 186 valence electrons. The number of hydrogen-bond acceptors (Lipinski definition) is 10. The van der Waals surface area contributed by atoms with E-state index in [1.807, 2.05) is 4.90 Å². The molecule has 11 heteroatoms. The van der Waals surface area contributed by atoms with Gasteiger partial charge in [-0.1, -0.05) is 13.0 Å². The van der Waals surface area contributed by atoms with Gasteiger partial charge in [0, 0.05) is 31.3 Å². The van der Waals surface area contributed by atoms with E-state index in [-0.39, 0.29) is 11.3 Å². The molecule has 1 aromatic rings. The number of aliphatic hydroxyl groups is 2. The highest BCUT2D eigenvalue weighted by molar-refractivity contribution is 6.31. The second kappa shape index (κ2) is 7.94. The molecular formula is C24H26N2O9. The number of hydrogen-bond donors (Lipinski definition) is 4. The summed E-state index contributed by atoms with van der Waals surface area (Å²) in [6.45, 7) is 3.52. The molecule has 1 amide bonds. The molecule has 2 saturated carbocycles. The van der Waals surface area contributed by atoms with Gasteiger partial charge in [-0.15, -0.1) is 0 Å². The number of anilines is 1. The van der Waals surface area contributed by atoms with E-state index in [9.17, 15) is 39.3 Å². The number of amides is 1. The van der Waals surface area contributed by atoms with Crippen molar-refractivity contribution in [3.05, 3.63) is 23.3 Å². The van der Waals surface area contributed by atoms with Crippen molar-refractivity contribution in [1.29, 1.82) is 0 Å². The quantitative estimate of drug-likeness (QED) is 0.366. The maximum atomic E-state index is 13.7. The third kappa shape index (κ3) is 3.04. The Hall–Kier alpha value is -3.15. The SMILES string of the molecule is C[C@H]1c2ccc(N3CCOCC3)c(O)c2C(=O)C2C(=O)[C@]3(O)C(=O)C(C(N)=O)C(=O)C[C@@H]3[C@@H](O)[C@@H]21. The highest BCUT2D eigenvalue weighted by Gasteiger charge is 2.69. The Kier molecular flexibility index (Phi) is 5.35. The van der Waals surface area contributed by atoms with Crippen molar-refractivity contribution in [3.8, 4) is 5.75 Å². The standard InChI is InChI=1S/C24H26N2O9/c1-9-10-2-3-12(26-4-6-35-7-5-26)19(29)15(10)20(30)17-14(9)18(28)11-8-13(27)16(23(25)33)21(31)24(11,34)22(17)32/h2-3,9,11,14,16-18,28-29,34H,4-8H2,1H3,(H2,25,33)/t9-,11+,14+,16?,17?,18+,24+/m0/s1. The summed E-state index contributed by atoms with van der Waals surface area (Å²) in [6, 6.07) is 3.33. The summed E-state index contributed by atoms with van der Waals surface area (Å²) in [6.07, 6.45) is -2.18. The van der Waals surface area contributed by atoms with Gasteiger partial charge < -0.3 is 30.7 Å². The largest absolute Gasteiger partial charge is 0.505 e. The van der Waals surface area contributed by atoms with E-state index in [4.69, 9.17) is 10.5 Å². The van der Waals surface area contributed by atoms with Gasteiger partial charge in [0.25, 0.3) is 0 Å². The lowest BCUT2D eigenvalue weighted by molar-refractivity contribution is -0.189. The van der Waals surface area contributed by atoms with Crippen LogP contribution in [0, 0.1) is 23.7 Å². The Morgan fingerprint density at radius 3 is 2.43 bits per heavy atom. The number of ketones is 4. The van der Waals surface area contributed by atoms with Crippen molar-refractivity contribution in [2.75, 3.05) is 31.2 Å². The van der Waals surface area contributed by atoms with Crippen LogP contribution in [-0.2, 0) is 23.9 Å². The van der Waals surface area contributed by atoms with E-state index in [1.54, 1.807) is 19.1 Å². The van der Waals surface area contributed by atoms with Crippen LogP contribution in [0.15, 0.2) is 12.1 Å². The molecule has 3 aliphatic carbocycles. The van der Waals surface area contributed by atoms with Gasteiger partial charge in [0.2, 0.25) is 5.91 Å². The van der Waals surface area contributed by atoms with Gasteiger partial charge in [-0.25, -0.2) is 0 Å². The fraction of sp³-hybridized carbons (Fsp3) is 0.542. The zero-order valence-electron chi connectivity index (χ0n) is 19.0. The van der Waals surface area contributed by atoms with E-state index in [1.165, 1.54) is 0 Å². The molecule has 0 bridgehead atoms. The first-order valence-electron chi connectivity index (χ1n) is 11.6. The van der Waals surface area contributed by atoms with Crippen LogP contribution in [0.5, 0.6) is 5.75 Å². The Bertz CT molecular complexity index is 1170. The maximum Gasteiger partial charge on any atom is 0.235 e. The number of nitrogens with two attached hydrogens (primary N) is 1. The molecule has 4 aliphatic rings. The first-order chi connectivity index (χ1) is 16.5. The highest BCUT2D eigenvalue weighted by atomic mass is 16.5. The second-order valence-electron chi connectivity index (χ2n) is 9.80. The molecule has 0 spiro atoms. The molecule has 5 N–H and O–H groups in total. The minimum Gasteiger partial charge on any atom is -0.505 e. The number of primary amides is 1. The number of rotatable bonds is 2. The molecule has 2 unspecified atom stereocenters. The Labute approximate surface area is 199 Å².